The Labute approximate surface area is 82.7 Å². The fourth-order valence-electron chi connectivity index (χ4n) is 0.655. The standard InChI is InChI=1S/C7H9N3S.CH4O/c8-7(11)10-9-6-4-2-1-3-5-6;1-2/h1-5,9H,(H3,8,10,11);2H,1H3. The van der Waals surface area contributed by atoms with E-state index in [4.69, 9.17) is 10.8 Å². The number of anilines is 1. The highest BCUT2D eigenvalue weighted by Gasteiger charge is 1.86. The van der Waals surface area contributed by atoms with Crippen LogP contribution in [-0.4, -0.2) is 17.3 Å². The molecule has 5 heteroatoms. The summed E-state index contributed by atoms with van der Waals surface area (Å²) in [7, 11) is 1.00. The fraction of sp³-hybridized carbons (Fsp3) is 0.125. The van der Waals surface area contributed by atoms with Crippen molar-refractivity contribution in [2.75, 3.05) is 12.5 Å². The van der Waals surface area contributed by atoms with Crippen molar-refractivity contribution < 1.29 is 5.11 Å². The molecule has 0 unspecified atom stereocenters. The van der Waals surface area contributed by atoms with Crippen LogP contribution in [0.25, 0.3) is 0 Å². The molecule has 0 atom stereocenters. The van der Waals surface area contributed by atoms with E-state index in [1.165, 1.54) is 0 Å². The van der Waals surface area contributed by atoms with Gasteiger partial charge in [-0.2, -0.15) is 0 Å². The maximum absolute atomic E-state index is 7.00. The van der Waals surface area contributed by atoms with E-state index >= 15 is 0 Å². The van der Waals surface area contributed by atoms with Gasteiger partial charge in [-0.25, -0.2) is 0 Å². The molecule has 1 aromatic rings. The molecule has 0 bridgehead atoms. The third-order valence-corrected chi connectivity index (χ3v) is 1.21. The van der Waals surface area contributed by atoms with Crippen LogP contribution in [0.4, 0.5) is 5.69 Å². The molecule has 1 aromatic carbocycles. The van der Waals surface area contributed by atoms with Crippen molar-refractivity contribution in [3.8, 4) is 0 Å². The van der Waals surface area contributed by atoms with Crippen molar-refractivity contribution in [2.45, 2.75) is 0 Å². The number of nitrogens with two attached hydrogens (primary N) is 1. The summed E-state index contributed by atoms with van der Waals surface area (Å²) in [6, 6.07) is 9.59. The third kappa shape index (κ3) is 5.89. The lowest BCUT2D eigenvalue weighted by atomic mass is 10.3. The van der Waals surface area contributed by atoms with Crippen LogP contribution in [0.3, 0.4) is 0 Å². The van der Waals surface area contributed by atoms with Gasteiger partial charge in [0.2, 0.25) is 0 Å². The summed E-state index contributed by atoms with van der Waals surface area (Å²) in [5, 5.41) is 7.23. The number of hydrogen-bond acceptors (Lipinski definition) is 3. The van der Waals surface area contributed by atoms with E-state index in [0.29, 0.717) is 0 Å². The number of benzene rings is 1. The second-order valence-electron chi connectivity index (χ2n) is 1.98. The van der Waals surface area contributed by atoms with Gasteiger partial charge in [-0.05, 0) is 24.4 Å². The Kier molecular flexibility index (Phi) is 6.58. The van der Waals surface area contributed by atoms with Crippen molar-refractivity contribution in [1.29, 1.82) is 0 Å². The van der Waals surface area contributed by atoms with Crippen LogP contribution in [0.2, 0.25) is 0 Å². The van der Waals surface area contributed by atoms with Crippen LogP contribution in [0.1, 0.15) is 0 Å². The predicted molar refractivity (Wildman–Crippen MR) is 58.1 cm³/mol. The average molecular weight is 199 g/mol. The lowest BCUT2D eigenvalue weighted by Gasteiger charge is -2.05. The molecule has 0 saturated carbocycles. The Hall–Kier alpha value is -1.33. The number of thiocarbonyl (C=S) groups is 1. The molecule has 0 amide bonds. The Morgan fingerprint density at radius 2 is 1.85 bits per heavy atom. The van der Waals surface area contributed by atoms with Gasteiger partial charge in [0.1, 0.15) is 0 Å². The molecule has 0 spiro atoms. The van der Waals surface area contributed by atoms with Crippen LogP contribution in [0.15, 0.2) is 30.3 Å². The number of aliphatic hydroxyl groups excluding tert-OH is 1. The molecular weight excluding hydrogens is 186 g/mol. The number of rotatable bonds is 2. The van der Waals surface area contributed by atoms with Crippen molar-refractivity contribution in [3.05, 3.63) is 30.3 Å². The van der Waals surface area contributed by atoms with Crippen LogP contribution in [0, 0.1) is 0 Å². The summed E-state index contributed by atoms with van der Waals surface area (Å²) in [5.41, 5.74) is 11.6. The molecule has 0 fully saturated rings. The second kappa shape index (κ2) is 7.33. The molecule has 1 rings (SSSR count). The summed E-state index contributed by atoms with van der Waals surface area (Å²) >= 11 is 4.60. The van der Waals surface area contributed by atoms with Gasteiger partial charge in [-0.3, -0.25) is 10.9 Å². The van der Waals surface area contributed by atoms with Crippen molar-refractivity contribution in [1.82, 2.24) is 5.43 Å². The first kappa shape index (κ1) is 11.7. The molecular formula is C8H13N3OS. The molecule has 4 nitrogen and oxygen atoms in total. The highest BCUT2D eigenvalue weighted by molar-refractivity contribution is 7.80. The van der Waals surface area contributed by atoms with E-state index < -0.39 is 0 Å². The normalized spacial score (nSPS) is 7.85. The highest BCUT2D eigenvalue weighted by atomic mass is 32.1. The Morgan fingerprint density at radius 3 is 2.31 bits per heavy atom. The van der Waals surface area contributed by atoms with Gasteiger partial charge in [0, 0.05) is 7.11 Å². The minimum atomic E-state index is 0.230. The summed E-state index contributed by atoms with van der Waals surface area (Å²) in [6.07, 6.45) is 0. The fourth-order valence-corrected chi connectivity index (χ4v) is 0.706. The van der Waals surface area contributed by atoms with Crippen LogP contribution in [-0.2, 0) is 0 Å². The van der Waals surface area contributed by atoms with Gasteiger partial charge in [0.05, 0.1) is 5.69 Å². The van der Waals surface area contributed by atoms with E-state index in [1.807, 2.05) is 30.3 Å². The highest BCUT2D eigenvalue weighted by Crippen LogP contribution is 2.01. The largest absolute Gasteiger partial charge is 0.400 e. The monoisotopic (exact) mass is 199 g/mol. The zero-order valence-corrected chi connectivity index (χ0v) is 8.14. The van der Waals surface area contributed by atoms with Gasteiger partial charge < -0.3 is 10.8 Å². The second-order valence-corrected chi connectivity index (χ2v) is 2.42. The summed E-state index contributed by atoms with van der Waals surface area (Å²) in [4.78, 5) is 0. The molecule has 5 N–H and O–H groups in total. The van der Waals surface area contributed by atoms with Gasteiger partial charge in [-0.1, -0.05) is 18.2 Å². The number of para-hydroxylation sites is 1. The maximum Gasteiger partial charge on any atom is 0.182 e. The van der Waals surface area contributed by atoms with Crippen LogP contribution >= 0.6 is 12.2 Å². The molecule has 0 aliphatic heterocycles. The van der Waals surface area contributed by atoms with Crippen molar-refractivity contribution >= 4 is 23.0 Å². The molecule has 0 radical (unpaired) electrons. The topological polar surface area (TPSA) is 70.3 Å². The lowest BCUT2D eigenvalue weighted by Crippen LogP contribution is -2.33. The molecule has 0 aliphatic rings. The van der Waals surface area contributed by atoms with Gasteiger partial charge >= 0.3 is 0 Å². The van der Waals surface area contributed by atoms with Gasteiger partial charge in [-0.15, -0.1) is 0 Å². The Bertz CT molecular complexity index is 240. The number of aliphatic hydroxyl groups is 1. The quantitative estimate of drug-likeness (QED) is 0.411. The van der Waals surface area contributed by atoms with E-state index in [-0.39, 0.29) is 5.11 Å². The third-order valence-electron chi connectivity index (χ3n) is 1.10. The van der Waals surface area contributed by atoms with E-state index in [0.717, 1.165) is 12.8 Å². The number of hydrogen-bond donors (Lipinski definition) is 4. The average Bonchev–Trinajstić information content (AvgIpc) is 2.19. The van der Waals surface area contributed by atoms with E-state index in [1.54, 1.807) is 0 Å². The molecule has 0 saturated heterocycles. The summed E-state index contributed by atoms with van der Waals surface area (Å²) in [5.74, 6) is 0. The minimum Gasteiger partial charge on any atom is -0.400 e. The Morgan fingerprint density at radius 1 is 1.31 bits per heavy atom. The van der Waals surface area contributed by atoms with Crippen molar-refractivity contribution in [3.63, 3.8) is 0 Å². The van der Waals surface area contributed by atoms with Crippen molar-refractivity contribution in [2.24, 2.45) is 5.73 Å². The molecule has 0 heterocycles. The zero-order chi connectivity index (χ0) is 10.1. The maximum atomic E-state index is 7.00. The van der Waals surface area contributed by atoms with E-state index in [9.17, 15) is 0 Å². The first-order valence-corrected chi connectivity index (χ1v) is 4.01. The number of nitrogens with one attached hydrogen (secondary N) is 2. The SMILES string of the molecule is CO.NC(=S)NNc1ccccc1. The lowest BCUT2D eigenvalue weighted by molar-refractivity contribution is 0.399. The molecule has 0 aromatic heterocycles. The van der Waals surface area contributed by atoms with E-state index in [2.05, 4.69) is 23.1 Å². The summed E-state index contributed by atoms with van der Waals surface area (Å²) < 4.78 is 0. The molecule has 13 heavy (non-hydrogen) atoms. The predicted octanol–water partition coefficient (Wildman–Crippen LogP) is 0.455. The number of hydrazine groups is 1. The zero-order valence-electron chi connectivity index (χ0n) is 7.32. The molecule has 0 aliphatic carbocycles. The first-order chi connectivity index (χ1) is 6.29. The van der Waals surface area contributed by atoms with Crippen LogP contribution < -0.4 is 16.6 Å². The molecule has 72 valence electrons. The Balaban J connectivity index is 0.000000671. The smallest absolute Gasteiger partial charge is 0.182 e. The van der Waals surface area contributed by atoms with Crippen LogP contribution in [0.5, 0.6) is 0 Å². The van der Waals surface area contributed by atoms with Gasteiger partial charge in [0.25, 0.3) is 0 Å². The minimum absolute atomic E-state index is 0.230. The van der Waals surface area contributed by atoms with Gasteiger partial charge in [0.15, 0.2) is 5.11 Å². The summed E-state index contributed by atoms with van der Waals surface area (Å²) in [6.45, 7) is 0. The first-order valence-electron chi connectivity index (χ1n) is 3.60.